The van der Waals surface area contributed by atoms with E-state index in [1.54, 1.807) is 6.92 Å². The number of hydrogen-bond donors (Lipinski definition) is 2. The van der Waals surface area contributed by atoms with Gasteiger partial charge in [0.2, 0.25) is 17.7 Å². The molecule has 28 heavy (non-hydrogen) atoms. The highest BCUT2D eigenvalue weighted by Crippen LogP contribution is 2.37. The molecule has 1 fully saturated rings. The number of carbonyl (C=O) groups excluding carboxylic acids is 3. The molecular formula is C19H24F3N3O3. The number of hydrogen-bond acceptors (Lipinski definition) is 3. The van der Waals surface area contributed by atoms with Gasteiger partial charge in [-0.3, -0.25) is 14.4 Å². The summed E-state index contributed by atoms with van der Waals surface area (Å²) in [5, 5.41) is 4.91. The first-order valence-corrected chi connectivity index (χ1v) is 9.15. The van der Waals surface area contributed by atoms with Gasteiger partial charge in [0.25, 0.3) is 0 Å². The normalized spacial score (nSPS) is 18.3. The lowest BCUT2D eigenvalue weighted by atomic mass is 10.1. The van der Waals surface area contributed by atoms with Gasteiger partial charge in [0.05, 0.1) is 17.8 Å². The van der Waals surface area contributed by atoms with Crippen molar-refractivity contribution >= 4 is 23.4 Å². The summed E-state index contributed by atoms with van der Waals surface area (Å²) < 4.78 is 39.0. The van der Waals surface area contributed by atoms with E-state index in [-0.39, 0.29) is 49.5 Å². The Labute approximate surface area is 161 Å². The molecule has 9 heteroatoms. The van der Waals surface area contributed by atoms with E-state index < -0.39 is 17.6 Å². The Hall–Kier alpha value is -2.58. The topological polar surface area (TPSA) is 78.5 Å². The second-order valence-corrected chi connectivity index (χ2v) is 6.86. The van der Waals surface area contributed by atoms with Crippen LogP contribution in [0.4, 0.5) is 18.9 Å². The molecule has 2 unspecified atom stereocenters. The number of nitrogens with zero attached hydrogens (tertiary/aromatic N) is 1. The number of benzene rings is 1. The fraction of sp³-hybridized carbons (Fsp3) is 0.526. The van der Waals surface area contributed by atoms with Gasteiger partial charge in [-0.1, -0.05) is 19.1 Å². The van der Waals surface area contributed by atoms with Crippen LogP contribution in [0.5, 0.6) is 0 Å². The smallest absolute Gasteiger partial charge is 0.355 e. The van der Waals surface area contributed by atoms with Gasteiger partial charge in [-0.25, -0.2) is 0 Å². The SMILES string of the molecule is CCN(CC(=O)Nc1ccccc1C(F)(F)F)C(=O)CCNC(=O)C1CC1C. The number of likely N-dealkylation sites (N-methyl/N-ethyl adjacent to an activating group) is 1. The average molecular weight is 399 g/mol. The van der Waals surface area contributed by atoms with Crippen LogP contribution in [0.3, 0.4) is 0 Å². The lowest BCUT2D eigenvalue weighted by Gasteiger charge is -2.21. The van der Waals surface area contributed by atoms with E-state index in [0.717, 1.165) is 18.6 Å². The average Bonchev–Trinajstić information content (AvgIpc) is 3.35. The van der Waals surface area contributed by atoms with Crippen LogP contribution < -0.4 is 10.6 Å². The number of alkyl halides is 3. The summed E-state index contributed by atoms with van der Waals surface area (Å²) >= 11 is 0. The van der Waals surface area contributed by atoms with E-state index in [2.05, 4.69) is 10.6 Å². The van der Waals surface area contributed by atoms with Crippen LogP contribution in [-0.4, -0.2) is 42.3 Å². The maximum absolute atomic E-state index is 13.0. The molecule has 2 rings (SSSR count). The van der Waals surface area contributed by atoms with Crippen LogP contribution in [0.15, 0.2) is 24.3 Å². The van der Waals surface area contributed by atoms with Crippen molar-refractivity contribution < 1.29 is 27.6 Å². The molecule has 0 radical (unpaired) electrons. The first kappa shape index (κ1) is 21.7. The number of nitrogens with one attached hydrogen (secondary N) is 2. The van der Waals surface area contributed by atoms with Gasteiger partial charge in [-0.2, -0.15) is 13.2 Å². The first-order valence-electron chi connectivity index (χ1n) is 9.15. The quantitative estimate of drug-likeness (QED) is 0.706. The molecule has 6 nitrogen and oxygen atoms in total. The number of amides is 3. The Kier molecular flexibility index (Phi) is 7.04. The third kappa shape index (κ3) is 5.97. The monoisotopic (exact) mass is 399 g/mol. The van der Waals surface area contributed by atoms with Crippen molar-refractivity contribution in [1.29, 1.82) is 0 Å². The van der Waals surface area contributed by atoms with Crippen LogP contribution in [0.1, 0.15) is 32.3 Å². The maximum atomic E-state index is 13.0. The molecule has 0 aromatic heterocycles. The van der Waals surface area contributed by atoms with Crippen molar-refractivity contribution in [2.75, 3.05) is 25.0 Å². The molecule has 0 heterocycles. The predicted octanol–water partition coefficient (Wildman–Crippen LogP) is 2.65. The Morgan fingerprint density at radius 1 is 1.21 bits per heavy atom. The zero-order valence-corrected chi connectivity index (χ0v) is 15.8. The molecule has 1 aromatic carbocycles. The molecule has 1 aliphatic carbocycles. The summed E-state index contributed by atoms with van der Waals surface area (Å²) in [5.74, 6) is -0.776. The van der Waals surface area contributed by atoms with Crippen LogP contribution >= 0.6 is 0 Å². The lowest BCUT2D eigenvalue weighted by Crippen LogP contribution is -2.39. The van der Waals surface area contributed by atoms with E-state index in [0.29, 0.717) is 5.92 Å². The highest BCUT2D eigenvalue weighted by Gasteiger charge is 2.38. The zero-order valence-electron chi connectivity index (χ0n) is 15.8. The third-order valence-corrected chi connectivity index (χ3v) is 4.66. The molecule has 0 saturated heterocycles. The number of carbonyl (C=O) groups is 3. The summed E-state index contributed by atoms with van der Waals surface area (Å²) in [4.78, 5) is 37.3. The molecular weight excluding hydrogens is 375 g/mol. The van der Waals surface area contributed by atoms with Crippen LogP contribution in [0, 0.1) is 11.8 Å². The Morgan fingerprint density at radius 3 is 2.43 bits per heavy atom. The van der Waals surface area contributed by atoms with Crippen LogP contribution in [0.2, 0.25) is 0 Å². The lowest BCUT2D eigenvalue weighted by molar-refractivity contribution is -0.137. The minimum atomic E-state index is -4.60. The van der Waals surface area contributed by atoms with Crippen molar-refractivity contribution in [2.45, 2.75) is 32.9 Å². The molecule has 154 valence electrons. The van der Waals surface area contributed by atoms with Crippen molar-refractivity contribution in [3.8, 4) is 0 Å². The first-order chi connectivity index (χ1) is 13.1. The predicted molar refractivity (Wildman–Crippen MR) is 97.2 cm³/mol. The van der Waals surface area contributed by atoms with Crippen molar-refractivity contribution in [3.05, 3.63) is 29.8 Å². The van der Waals surface area contributed by atoms with Crippen molar-refractivity contribution in [1.82, 2.24) is 10.2 Å². The zero-order chi connectivity index (χ0) is 20.9. The molecule has 1 saturated carbocycles. The summed E-state index contributed by atoms with van der Waals surface area (Å²) in [7, 11) is 0. The standard InChI is InChI=1S/C19H24F3N3O3/c1-3-25(17(27)8-9-23-18(28)13-10-12(13)2)11-16(26)24-15-7-5-4-6-14(15)19(20,21)22/h4-7,12-13H,3,8-11H2,1-2H3,(H,23,28)(H,24,26). The van der Waals surface area contributed by atoms with Crippen molar-refractivity contribution in [2.24, 2.45) is 11.8 Å². The van der Waals surface area contributed by atoms with Gasteiger partial charge in [-0.15, -0.1) is 0 Å². The third-order valence-electron chi connectivity index (χ3n) is 4.66. The molecule has 1 aliphatic rings. The van der Waals surface area contributed by atoms with Gasteiger partial charge in [0, 0.05) is 25.4 Å². The van der Waals surface area contributed by atoms with Gasteiger partial charge >= 0.3 is 6.18 Å². The highest BCUT2D eigenvalue weighted by atomic mass is 19.4. The Balaban J connectivity index is 1.85. The fourth-order valence-corrected chi connectivity index (χ4v) is 2.85. The summed E-state index contributed by atoms with van der Waals surface area (Å²) in [6.45, 7) is 3.66. The molecule has 2 atom stereocenters. The largest absolute Gasteiger partial charge is 0.418 e. The molecule has 2 N–H and O–H groups in total. The Bertz CT molecular complexity index is 737. The van der Waals surface area contributed by atoms with Gasteiger partial charge in [0.15, 0.2) is 0 Å². The van der Waals surface area contributed by atoms with Gasteiger partial charge < -0.3 is 15.5 Å². The second kappa shape index (κ2) is 9.07. The summed E-state index contributed by atoms with van der Waals surface area (Å²) in [5.41, 5.74) is -1.30. The molecule has 0 bridgehead atoms. The minimum absolute atomic E-state index is 0.0110. The van der Waals surface area contributed by atoms with E-state index >= 15 is 0 Å². The molecule has 1 aromatic rings. The van der Waals surface area contributed by atoms with Gasteiger partial charge in [0.1, 0.15) is 0 Å². The molecule has 0 spiro atoms. The maximum Gasteiger partial charge on any atom is 0.418 e. The van der Waals surface area contributed by atoms with E-state index in [1.165, 1.54) is 17.0 Å². The van der Waals surface area contributed by atoms with Gasteiger partial charge in [-0.05, 0) is 31.4 Å². The highest BCUT2D eigenvalue weighted by molar-refractivity contribution is 5.95. The van der Waals surface area contributed by atoms with E-state index in [4.69, 9.17) is 0 Å². The minimum Gasteiger partial charge on any atom is -0.355 e. The second-order valence-electron chi connectivity index (χ2n) is 6.86. The van der Waals surface area contributed by atoms with Crippen molar-refractivity contribution in [3.63, 3.8) is 0 Å². The Morgan fingerprint density at radius 2 is 1.86 bits per heavy atom. The van der Waals surface area contributed by atoms with Crippen LogP contribution in [-0.2, 0) is 20.6 Å². The number of halogens is 3. The van der Waals surface area contributed by atoms with E-state index in [1.807, 2.05) is 6.92 Å². The number of anilines is 1. The van der Waals surface area contributed by atoms with Crippen LogP contribution in [0.25, 0.3) is 0 Å². The summed E-state index contributed by atoms with van der Waals surface area (Å²) in [6.07, 6.45) is -3.73. The molecule has 0 aliphatic heterocycles. The summed E-state index contributed by atoms with van der Waals surface area (Å²) in [6, 6.07) is 4.66. The molecule has 3 amide bonds. The van der Waals surface area contributed by atoms with E-state index in [9.17, 15) is 27.6 Å². The number of para-hydroxylation sites is 1. The number of rotatable bonds is 8. The fourth-order valence-electron chi connectivity index (χ4n) is 2.85.